The SMILES string of the molecule is CC/C=C\C/C=C\C/C=C\C/C=C\C/C=C\C/C=C\C/C=C\C/C=C\C/C=C\C/C=C\CCCCCCCCC(=O)NC(COC1OC(CO)C(O)C(O)C1O)C(O)/C=C/CC/C=C/CC/C=C/CC. The van der Waals surface area contributed by atoms with Gasteiger partial charge in [0, 0.05) is 6.42 Å². The van der Waals surface area contributed by atoms with Gasteiger partial charge in [-0.1, -0.05) is 198 Å². The second-order valence-corrected chi connectivity index (χ2v) is 17.5. The predicted molar refractivity (Wildman–Crippen MR) is 294 cm³/mol. The molecule has 1 aliphatic heterocycles. The van der Waals surface area contributed by atoms with Gasteiger partial charge in [0.1, 0.15) is 24.4 Å². The third kappa shape index (κ3) is 37.6. The van der Waals surface area contributed by atoms with E-state index in [9.17, 15) is 30.3 Å². The highest BCUT2D eigenvalue weighted by Gasteiger charge is 2.44. The normalized spacial score (nSPS) is 20.7. The van der Waals surface area contributed by atoms with Crippen molar-refractivity contribution in [3.8, 4) is 0 Å². The van der Waals surface area contributed by atoms with Crippen molar-refractivity contribution in [2.24, 2.45) is 0 Å². The Hall–Kier alpha value is -4.19. The number of hydrogen-bond donors (Lipinski definition) is 6. The van der Waals surface area contributed by atoms with Gasteiger partial charge in [-0.05, 0) is 116 Å². The molecule has 392 valence electrons. The molecule has 0 aliphatic carbocycles. The van der Waals surface area contributed by atoms with Gasteiger partial charge in [0.05, 0.1) is 25.4 Å². The molecule has 0 bridgehead atoms. The molecule has 0 saturated carbocycles. The average Bonchev–Trinajstić information content (AvgIpc) is 3.36. The van der Waals surface area contributed by atoms with Crippen LogP contribution in [0.3, 0.4) is 0 Å². The highest BCUT2D eigenvalue weighted by molar-refractivity contribution is 5.76. The molecule has 7 unspecified atom stereocenters. The lowest BCUT2D eigenvalue weighted by molar-refractivity contribution is -0.302. The topological polar surface area (TPSA) is 149 Å². The first-order chi connectivity index (χ1) is 34.3. The quantitative estimate of drug-likeness (QED) is 0.0262. The summed E-state index contributed by atoms with van der Waals surface area (Å²) in [5, 5.41) is 54.1. The zero-order chi connectivity index (χ0) is 50.8. The summed E-state index contributed by atoms with van der Waals surface area (Å²) in [6, 6.07) is -0.846. The van der Waals surface area contributed by atoms with E-state index in [1.165, 1.54) is 0 Å². The van der Waals surface area contributed by atoms with Crippen LogP contribution < -0.4 is 5.32 Å². The van der Waals surface area contributed by atoms with E-state index in [2.05, 4.69) is 165 Å². The maximum absolute atomic E-state index is 13.0. The minimum absolute atomic E-state index is 0.217. The first-order valence-corrected chi connectivity index (χ1v) is 26.7. The van der Waals surface area contributed by atoms with Gasteiger partial charge in [0.15, 0.2) is 6.29 Å². The summed E-state index contributed by atoms with van der Waals surface area (Å²) in [5.74, 6) is -0.217. The summed E-state index contributed by atoms with van der Waals surface area (Å²) < 4.78 is 11.2. The molecular formula is C61H95NO8. The van der Waals surface area contributed by atoms with Crippen LogP contribution in [0.5, 0.6) is 0 Å². The predicted octanol–water partition coefficient (Wildman–Crippen LogP) is 12.9. The first-order valence-electron chi connectivity index (χ1n) is 26.7. The van der Waals surface area contributed by atoms with Crippen LogP contribution in [0.1, 0.15) is 162 Å². The first kappa shape index (κ1) is 63.8. The number of carbonyl (C=O) groups is 1. The number of hydrogen-bond acceptors (Lipinski definition) is 8. The second kappa shape index (κ2) is 48.4. The van der Waals surface area contributed by atoms with E-state index in [0.717, 1.165) is 135 Å². The molecule has 1 saturated heterocycles. The molecule has 1 fully saturated rings. The summed E-state index contributed by atoms with van der Waals surface area (Å²) in [4.78, 5) is 13.0. The maximum Gasteiger partial charge on any atom is 0.220 e. The molecular weight excluding hydrogens is 875 g/mol. The van der Waals surface area contributed by atoms with E-state index in [0.29, 0.717) is 12.8 Å². The van der Waals surface area contributed by atoms with E-state index in [4.69, 9.17) is 9.47 Å². The van der Waals surface area contributed by atoms with Crippen LogP contribution in [0, 0.1) is 0 Å². The Labute approximate surface area is 425 Å². The van der Waals surface area contributed by atoms with E-state index >= 15 is 0 Å². The van der Waals surface area contributed by atoms with Gasteiger partial charge in [-0.2, -0.15) is 0 Å². The van der Waals surface area contributed by atoms with Crippen LogP contribution in [0.2, 0.25) is 0 Å². The van der Waals surface area contributed by atoms with Crippen molar-refractivity contribution in [3.63, 3.8) is 0 Å². The number of nitrogens with one attached hydrogen (secondary N) is 1. The Morgan fingerprint density at radius 3 is 1.31 bits per heavy atom. The minimum Gasteiger partial charge on any atom is -0.394 e. The summed E-state index contributed by atoms with van der Waals surface area (Å²) >= 11 is 0. The number of unbranched alkanes of at least 4 members (excludes halogenated alkanes) is 8. The van der Waals surface area contributed by atoms with Gasteiger partial charge >= 0.3 is 0 Å². The third-order valence-corrected chi connectivity index (χ3v) is 11.3. The molecule has 7 atom stereocenters. The lowest BCUT2D eigenvalue weighted by Gasteiger charge is -2.40. The fourth-order valence-electron chi connectivity index (χ4n) is 7.16. The van der Waals surface area contributed by atoms with Gasteiger partial charge in [-0.3, -0.25) is 4.79 Å². The summed E-state index contributed by atoms with van der Waals surface area (Å²) in [5.41, 5.74) is 0. The summed E-state index contributed by atoms with van der Waals surface area (Å²) in [6.07, 6.45) is 70.3. The standard InChI is InChI=1S/C61H95NO8/c1-3-5-7-9-11-13-15-16-17-18-19-20-21-22-23-24-25-26-27-28-29-30-31-32-33-34-35-36-37-38-39-40-41-43-45-47-49-51-57(65)62-54(53-69-61-60(68)59(67)58(66)56(52-63)70-61)55(64)50-48-46-44-42-14-12-10-8-6-4-2/h5-8,11,13-14,16-17,19-20,22-23,25-26,28-29,31-32,34-35,37-38,42,48,50,54-56,58-61,63-64,66-68H,3-4,9-10,12,15,18,21,24,27,30,33,36,39-41,43-47,49,51-53H2,1-2H3,(H,62,65)/b7-5-,8-6+,13-11-,17-16-,20-19-,23-22-,26-25-,29-28-,32-31-,35-34-,38-37-,42-14+,50-48+. The molecule has 0 aromatic heterocycles. The van der Waals surface area contributed by atoms with Gasteiger partial charge < -0.3 is 40.3 Å². The number of rotatable bonds is 42. The van der Waals surface area contributed by atoms with Gasteiger partial charge in [-0.25, -0.2) is 0 Å². The molecule has 1 rings (SSSR count). The van der Waals surface area contributed by atoms with Crippen molar-refractivity contribution >= 4 is 5.91 Å². The molecule has 1 amide bonds. The number of amides is 1. The van der Waals surface area contributed by atoms with Crippen molar-refractivity contribution in [1.29, 1.82) is 0 Å². The van der Waals surface area contributed by atoms with Crippen LogP contribution in [-0.2, 0) is 14.3 Å². The second-order valence-electron chi connectivity index (χ2n) is 17.5. The maximum atomic E-state index is 13.0. The lowest BCUT2D eigenvalue weighted by atomic mass is 9.99. The average molecular weight is 970 g/mol. The monoisotopic (exact) mass is 970 g/mol. The Kier molecular flexibility index (Phi) is 44.2. The molecule has 0 spiro atoms. The van der Waals surface area contributed by atoms with Crippen molar-refractivity contribution < 1.29 is 39.8 Å². The molecule has 0 aromatic carbocycles. The fourth-order valence-corrected chi connectivity index (χ4v) is 7.16. The van der Waals surface area contributed by atoms with Crippen LogP contribution in [0.25, 0.3) is 0 Å². The van der Waals surface area contributed by atoms with Gasteiger partial charge in [0.2, 0.25) is 5.91 Å². The van der Waals surface area contributed by atoms with Crippen LogP contribution in [0.4, 0.5) is 0 Å². The van der Waals surface area contributed by atoms with E-state index in [-0.39, 0.29) is 12.5 Å². The van der Waals surface area contributed by atoms with Crippen molar-refractivity contribution in [2.45, 2.75) is 204 Å². The molecule has 9 nitrogen and oxygen atoms in total. The number of ether oxygens (including phenoxy) is 2. The Bertz CT molecular complexity index is 1640. The smallest absolute Gasteiger partial charge is 0.220 e. The van der Waals surface area contributed by atoms with Crippen LogP contribution in [0.15, 0.2) is 158 Å². The minimum atomic E-state index is -1.59. The van der Waals surface area contributed by atoms with E-state index < -0.39 is 49.5 Å². The number of aliphatic hydroxyl groups excluding tert-OH is 5. The lowest BCUT2D eigenvalue weighted by Crippen LogP contribution is -2.60. The summed E-state index contributed by atoms with van der Waals surface area (Å²) in [7, 11) is 0. The van der Waals surface area contributed by atoms with Crippen molar-refractivity contribution in [1.82, 2.24) is 5.32 Å². The van der Waals surface area contributed by atoms with Crippen molar-refractivity contribution in [2.75, 3.05) is 13.2 Å². The highest BCUT2D eigenvalue weighted by atomic mass is 16.7. The van der Waals surface area contributed by atoms with Crippen molar-refractivity contribution in [3.05, 3.63) is 158 Å². The fraction of sp³-hybridized carbons (Fsp3) is 0.557. The zero-order valence-corrected chi connectivity index (χ0v) is 43.2. The van der Waals surface area contributed by atoms with Crippen LogP contribution >= 0.6 is 0 Å². The van der Waals surface area contributed by atoms with Gasteiger partial charge in [-0.15, -0.1) is 0 Å². The molecule has 70 heavy (non-hydrogen) atoms. The third-order valence-electron chi connectivity index (χ3n) is 11.3. The molecule has 9 heteroatoms. The molecule has 1 aliphatic rings. The van der Waals surface area contributed by atoms with Crippen LogP contribution in [-0.4, -0.2) is 87.5 Å². The van der Waals surface area contributed by atoms with Gasteiger partial charge in [0.25, 0.3) is 0 Å². The highest BCUT2D eigenvalue weighted by Crippen LogP contribution is 2.22. The zero-order valence-electron chi connectivity index (χ0n) is 43.2. The number of aliphatic hydroxyl groups is 5. The molecule has 0 aromatic rings. The molecule has 0 radical (unpaired) electrons. The Morgan fingerprint density at radius 1 is 0.486 bits per heavy atom. The Morgan fingerprint density at radius 2 is 0.857 bits per heavy atom. The largest absolute Gasteiger partial charge is 0.394 e. The number of carbonyl (C=O) groups excluding carboxylic acids is 1. The number of allylic oxidation sites excluding steroid dienone is 25. The summed E-state index contributed by atoms with van der Waals surface area (Å²) in [6.45, 7) is 3.47. The van der Waals surface area contributed by atoms with E-state index in [1.54, 1.807) is 6.08 Å². The van der Waals surface area contributed by atoms with E-state index in [1.807, 2.05) is 6.08 Å². The Balaban J connectivity index is 2.20. The molecule has 6 N–H and O–H groups in total. The molecule has 1 heterocycles.